The molecule has 0 heterocycles. The Morgan fingerprint density at radius 1 is 1.05 bits per heavy atom. The predicted octanol–water partition coefficient (Wildman–Crippen LogP) is 4.98. The van der Waals surface area contributed by atoms with Gasteiger partial charge < -0.3 is 5.11 Å². The summed E-state index contributed by atoms with van der Waals surface area (Å²) in [5, 5.41) is 10.4. The van der Waals surface area contributed by atoms with Gasteiger partial charge in [-0.15, -0.1) is 0 Å². The molecule has 2 rings (SSSR count). The molecule has 110 valence electrons. The van der Waals surface area contributed by atoms with Crippen molar-refractivity contribution in [3.05, 3.63) is 53.6 Å². The Morgan fingerprint density at radius 3 is 2.33 bits per heavy atom. The molecule has 1 N–H and O–H groups in total. The first-order chi connectivity index (χ1) is 10.2. The molecule has 0 unspecified atom stereocenters. The predicted molar refractivity (Wildman–Crippen MR) is 90.2 cm³/mol. The van der Waals surface area contributed by atoms with E-state index in [2.05, 4.69) is 37.0 Å². The molecule has 0 spiro atoms. The van der Waals surface area contributed by atoms with Crippen molar-refractivity contribution in [1.29, 1.82) is 0 Å². The Hall–Kier alpha value is -2.09. The lowest BCUT2D eigenvalue weighted by Crippen LogP contribution is -2.01. The van der Waals surface area contributed by atoms with Crippen molar-refractivity contribution in [3.63, 3.8) is 0 Å². The number of hydrogen-bond donors (Lipinski definition) is 1. The second-order valence-corrected chi connectivity index (χ2v) is 5.31. The van der Waals surface area contributed by atoms with E-state index < -0.39 is 0 Å². The number of phenolic OH excluding ortho intramolecular Hbond substituents is 1. The first-order valence-corrected chi connectivity index (χ1v) is 7.58. The Kier molecular flexibility index (Phi) is 5.15. The number of phenols is 1. The van der Waals surface area contributed by atoms with E-state index in [4.69, 9.17) is 0 Å². The lowest BCUT2D eigenvalue weighted by molar-refractivity contribution is 0.470. The van der Waals surface area contributed by atoms with Crippen LogP contribution in [-0.4, -0.2) is 17.4 Å². The number of aromatic hydroxyl groups is 1. The van der Waals surface area contributed by atoms with Gasteiger partial charge in [-0.25, -0.2) is 0 Å². The third-order valence-corrected chi connectivity index (χ3v) is 3.86. The van der Waals surface area contributed by atoms with Gasteiger partial charge in [0.2, 0.25) is 0 Å². The van der Waals surface area contributed by atoms with E-state index in [9.17, 15) is 5.11 Å². The molecule has 0 atom stereocenters. The van der Waals surface area contributed by atoms with Gasteiger partial charge in [-0.2, -0.15) is 0 Å². The normalized spacial score (nSPS) is 11.4. The highest BCUT2D eigenvalue weighted by atomic mass is 16.3. The maximum absolute atomic E-state index is 10.4. The van der Waals surface area contributed by atoms with Crippen molar-refractivity contribution >= 4 is 6.21 Å². The van der Waals surface area contributed by atoms with Gasteiger partial charge in [0.05, 0.1) is 0 Å². The lowest BCUT2D eigenvalue weighted by atomic mass is 9.97. The van der Waals surface area contributed by atoms with E-state index in [1.807, 2.05) is 37.4 Å². The minimum Gasteiger partial charge on any atom is -0.507 e. The molecule has 2 heteroatoms. The molecule has 2 nitrogen and oxygen atoms in total. The number of aliphatic imine (C=N–C) groups is 1. The highest BCUT2D eigenvalue weighted by Crippen LogP contribution is 2.31. The van der Waals surface area contributed by atoms with Crippen LogP contribution in [0.4, 0.5) is 0 Å². The first-order valence-electron chi connectivity index (χ1n) is 7.58. The van der Waals surface area contributed by atoms with E-state index in [1.54, 1.807) is 0 Å². The van der Waals surface area contributed by atoms with E-state index in [0.717, 1.165) is 35.1 Å². The first kappa shape index (κ1) is 15.3. The molecule has 0 aliphatic carbocycles. The summed E-state index contributed by atoms with van der Waals surface area (Å²) in [5.74, 6) is 0.325. The maximum atomic E-state index is 10.4. The number of benzene rings is 2. The molecule has 0 aliphatic heterocycles. The van der Waals surface area contributed by atoms with Crippen molar-refractivity contribution in [2.24, 2.45) is 4.99 Å². The van der Waals surface area contributed by atoms with Gasteiger partial charge in [0.25, 0.3) is 0 Å². The molecular formula is C19H23NO. The van der Waals surface area contributed by atoms with E-state index in [-0.39, 0.29) is 0 Å². The quantitative estimate of drug-likeness (QED) is 0.771. The Morgan fingerprint density at radius 2 is 1.71 bits per heavy atom. The van der Waals surface area contributed by atoms with Gasteiger partial charge in [-0.1, -0.05) is 56.3 Å². The average Bonchev–Trinajstić information content (AvgIpc) is 2.53. The van der Waals surface area contributed by atoms with Crippen LogP contribution in [0.1, 0.15) is 37.8 Å². The second-order valence-electron chi connectivity index (χ2n) is 5.31. The van der Waals surface area contributed by atoms with Crippen LogP contribution >= 0.6 is 0 Å². The van der Waals surface area contributed by atoms with Crippen molar-refractivity contribution in [2.45, 2.75) is 39.7 Å². The standard InChI is InChI=1S/C19H23NO/c1-4-16(5-2)20-13-18-17(12-11-14(3)19(18)21)15-9-7-6-8-10-15/h6-13,16,21H,4-5H2,1-3H3. The molecule has 0 saturated carbocycles. The van der Waals surface area contributed by atoms with E-state index in [0.29, 0.717) is 11.8 Å². The fourth-order valence-electron chi connectivity index (χ4n) is 2.40. The Labute approximate surface area is 127 Å². The molecule has 0 saturated heterocycles. The van der Waals surface area contributed by atoms with Crippen LogP contribution < -0.4 is 0 Å². The van der Waals surface area contributed by atoms with Crippen molar-refractivity contribution in [1.82, 2.24) is 0 Å². The fourth-order valence-corrected chi connectivity index (χ4v) is 2.40. The summed E-state index contributed by atoms with van der Waals surface area (Å²) in [6.07, 6.45) is 3.86. The van der Waals surface area contributed by atoms with Gasteiger partial charge in [0.15, 0.2) is 0 Å². The summed E-state index contributed by atoms with van der Waals surface area (Å²) in [6.45, 7) is 6.19. The summed E-state index contributed by atoms with van der Waals surface area (Å²) in [4.78, 5) is 4.63. The zero-order chi connectivity index (χ0) is 15.2. The number of hydrogen-bond acceptors (Lipinski definition) is 2. The lowest BCUT2D eigenvalue weighted by Gasteiger charge is -2.12. The number of aryl methyl sites for hydroxylation is 1. The average molecular weight is 281 g/mol. The summed E-state index contributed by atoms with van der Waals surface area (Å²) in [6, 6.07) is 14.4. The molecule has 0 aromatic heterocycles. The van der Waals surface area contributed by atoms with E-state index >= 15 is 0 Å². The molecule has 0 aliphatic rings. The van der Waals surface area contributed by atoms with Gasteiger partial charge >= 0.3 is 0 Å². The van der Waals surface area contributed by atoms with Gasteiger partial charge in [0.1, 0.15) is 5.75 Å². The summed E-state index contributed by atoms with van der Waals surface area (Å²) in [5.41, 5.74) is 3.81. The molecular weight excluding hydrogens is 258 g/mol. The molecule has 0 amide bonds. The largest absolute Gasteiger partial charge is 0.507 e. The molecule has 2 aromatic carbocycles. The van der Waals surface area contributed by atoms with Gasteiger partial charge in [-0.05, 0) is 36.5 Å². The van der Waals surface area contributed by atoms with E-state index in [1.165, 1.54) is 0 Å². The Bertz CT molecular complexity index is 613. The Balaban J connectivity index is 2.50. The molecule has 0 radical (unpaired) electrons. The SMILES string of the molecule is CCC(CC)N=Cc1c(-c2ccccc2)ccc(C)c1O. The maximum Gasteiger partial charge on any atom is 0.127 e. The van der Waals surface area contributed by atoms with Crippen molar-refractivity contribution in [2.75, 3.05) is 0 Å². The molecule has 0 fully saturated rings. The number of rotatable bonds is 5. The third kappa shape index (κ3) is 3.52. The molecule has 2 aromatic rings. The topological polar surface area (TPSA) is 32.6 Å². The van der Waals surface area contributed by atoms with Gasteiger partial charge in [-0.3, -0.25) is 4.99 Å². The second kappa shape index (κ2) is 7.07. The van der Waals surface area contributed by atoms with Crippen molar-refractivity contribution < 1.29 is 5.11 Å². The highest BCUT2D eigenvalue weighted by Gasteiger charge is 2.11. The third-order valence-electron chi connectivity index (χ3n) is 3.86. The summed E-state index contributed by atoms with van der Waals surface area (Å²) < 4.78 is 0. The molecule has 21 heavy (non-hydrogen) atoms. The minimum absolute atomic E-state index is 0.313. The van der Waals surface area contributed by atoms with Gasteiger partial charge in [0, 0.05) is 17.8 Å². The fraction of sp³-hybridized carbons (Fsp3) is 0.316. The van der Waals surface area contributed by atoms with Crippen LogP contribution in [0.15, 0.2) is 47.5 Å². The van der Waals surface area contributed by atoms with Crippen LogP contribution in [0.3, 0.4) is 0 Å². The van der Waals surface area contributed by atoms with Crippen LogP contribution in [0.5, 0.6) is 5.75 Å². The van der Waals surface area contributed by atoms with Crippen LogP contribution in [0.25, 0.3) is 11.1 Å². The summed E-state index contributed by atoms with van der Waals surface area (Å²) in [7, 11) is 0. The zero-order valence-electron chi connectivity index (χ0n) is 13.0. The van der Waals surface area contributed by atoms with Crippen molar-refractivity contribution in [3.8, 4) is 16.9 Å². The smallest absolute Gasteiger partial charge is 0.127 e. The number of nitrogens with zero attached hydrogens (tertiary/aromatic N) is 1. The van der Waals surface area contributed by atoms with Crippen LogP contribution in [-0.2, 0) is 0 Å². The van der Waals surface area contributed by atoms with Crippen LogP contribution in [0.2, 0.25) is 0 Å². The zero-order valence-corrected chi connectivity index (χ0v) is 13.0. The summed E-state index contributed by atoms with van der Waals surface area (Å²) >= 11 is 0. The minimum atomic E-state index is 0.313. The van der Waals surface area contributed by atoms with Crippen LogP contribution in [0, 0.1) is 6.92 Å². The monoisotopic (exact) mass is 281 g/mol. The highest BCUT2D eigenvalue weighted by molar-refractivity contribution is 5.94. The molecule has 0 bridgehead atoms.